The number of rotatable bonds is 8. The third-order valence-corrected chi connectivity index (χ3v) is 4.82. The van der Waals surface area contributed by atoms with Gasteiger partial charge in [0.25, 0.3) is 0 Å². The molecule has 1 unspecified atom stereocenters. The minimum absolute atomic E-state index is 0.105. The molecular formula is C17H28N4OS. The Labute approximate surface area is 144 Å². The average Bonchev–Trinajstić information content (AvgIpc) is 2.55. The maximum atomic E-state index is 6.12. The molecule has 0 radical (unpaired) electrons. The summed E-state index contributed by atoms with van der Waals surface area (Å²) < 4.78 is 6.12. The number of hydrogen-bond acceptors (Lipinski definition) is 6. The first kappa shape index (κ1) is 18.1. The monoisotopic (exact) mass is 336 g/mol. The summed E-state index contributed by atoms with van der Waals surface area (Å²) in [4.78, 5) is 13.4. The van der Waals surface area contributed by atoms with E-state index in [1.807, 2.05) is 50.0 Å². The van der Waals surface area contributed by atoms with Crippen LogP contribution in [0.5, 0.6) is 6.01 Å². The van der Waals surface area contributed by atoms with Crippen LogP contribution in [0.1, 0.15) is 18.4 Å². The largest absolute Gasteiger partial charge is 0.459 e. The summed E-state index contributed by atoms with van der Waals surface area (Å²) >= 11 is 2.03. The van der Waals surface area contributed by atoms with E-state index < -0.39 is 0 Å². The maximum absolute atomic E-state index is 6.12. The van der Waals surface area contributed by atoms with Crippen molar-refractivity contribution >= 4 is 17.6 Å². The smallest absolute Gasteiger partial charge is 0.318 e. The number of anilines is 1. The van der Waals surface area contributed by atoms with E-state index in [1.54, 1.807) is 0 Å². The summed E-state index contributed by atoms with van der Waals surface area (Å²) in [5.41, 5.74) is 1.05. The molecule has 0 N–H and O–H groups in total. The highest BCUT2D eigenvalue weighted by Crippen LogP contribution is 2.19. The first-order chi connectivity index (χ1) is 11.1. The predicted octanol–water partition coefficient (Wildman–Crippen LogP) is 2.61. The van der Waals surface area contributed by atoms with E-state index in [0.29, 0.717) is 6.01 Å². The summed E-state index contributed by atoms with van der Waals surface area (Å²) in [5, 5.41) is 0. The molecule has 1 aromatic heterocycles. The molecule has 2 rings (SSSR count). The molecule has 0 bridgehead atoms. The van der Waals surface area contributed by atoms with E-state index in [-0.39, 0.29) is 6.10 Å². The molecule has 1 aromatic rings. The second-order valence-electron chi connectivity index (χ2n) is 6.07. The number of nitrogens with zero attached hydrogens (tertiary/aromatic N) is 4. The molecule has 0 aromatic carbocycles. The molecule has 1 atom stereocenters. The first-order valence-corrected chi connectivity index (χ1v) is 9.34. The summed E-state index contributed by atoms with van der Waals surface area (Å²) in [6, 6.07) is 0.472. The van der Waals surface area contributed by atoms with E-state index in [4.69, 9.17) is 4.74 Å². The lowest BCUT2D eigenvalue weighted by atomic mass is 10.2. The SMILES string of the molecule is C=CCCC(CN1CCSCC1)Oc1ncc(C)c(N(C)C)n1. The van der Waals surface area contributed by atoms with Gasteiger partial charge < -0.3 is 9.64 Å². The van der Waals surface area contributed by atoms with Crippen molar-refractivity contribution in [2.24, 2.45) is 0 Å². The van der Waals surface area contributed by atoms with Crippen molar-refractivity contribution in [3.8, 4) is 6.01 Å². The number of aromatic nitrogens is 2. The Balaban J connectivity index is 2.03. The van der Waals surface area contributed by atoms with Gasteiger partial charge in [-0.15, -0.1) is 6.58 Å². The lowest BCUT2D eigenvalue weighted by Crippen LogP contribution is -2.40. The summed E-state index contributed by atoms with van der Waals surface area (Å²) in [6.07, 6.45) is 5.78. The quantitative estimate of drug-likeness (QED) is 0.680. The Hall–Kier alpha value is -1.27. The standard InChI is InChI=1S/C17H28N4OS/c1-5-6-7-15(13-21-8-10-23-11-9-21)22-17-18-12-14(2)16(19-17)20(3)4/h5,12,15H,1,6-11,13H2,2-4H3. The molecular weight excluding hydrogens is 308 g/mol. The van der Waals surface area contributed by atoms with Gasteiger partial charge >= 0.3 is 6.01 Å². The Morgan fingerprint density at radius 1 is 1.43 bits per heavy atom. The van der Waals surface area contributed by atoms with E-state index in [1.165, 1.54) is 11.5 Å². The third-order valence-electron chi connectivity index (χ3n) is 3.88. The number of thioether (sulfide) groups is 1. The molecule has 2 heterocycles. The van der Waals surface area contributed by atoms with E-state index in [2.05, 4.69) is 21.4 Å². The lowest BCUT2D eigenvalue weighted by Gasteiger charge is -2.30. The van der Waals surface area contributed by atoms with Crippen molar-refractivity contribution in [3.05, 3.63) is 24.4 Å². The molecule has 5 nitrogen and oxygen atoms in total. The Morgan fingerprint density at radius 2 is 2.17 bits per heavy atom. The molecule has 1 aliphatic rings. The lowest BCUT2D eigenvalue weighted by molar-refractivity contribution is 0.122. The fourth-order valence-electron chi connectivity index (χ4n) is 2.64. The number of allylic oxidation sites excluding steroid dienone is 1. The van der Waals surface area contributed by atoms with Crippen LogP contribution in [0, 0.1) is 6.92 Å². The van der Waals surface area contributed by atoms with Gasteiger partial charge in [-0.1, -0.05) is 6.08 Å². The van der Waals surface area contributed by atoms with Crippen LogP contribution in [-0.2, 0) is 0 Å². The van der Waals surface area contributed by atoms with Crippen LogP contribution < -0.4 is 9.64 Å². The van der Waals surface area contributed by atoms with Crippen LogP contribution in [0.25, 0.3) is 0 Å². The molecule has 0 spiro atoms. The van der Waals surface area contributed by atoms with Gasteiger partial charge in [-0.3, -0.25) is 4.90 Å². The van der Waals surface area contributed by atoms with Gasteiger partial charge in [-0.05, 0) is 19.8 Å². The minimum Gasteiger partial charge on any atom is -0.459 e. The topological polar surface area (TPSA) is 41.5 Å². The van der Waals surface area contributed by atoms with Gasteiger partial charge in [0.2, 0.25) is 0 Å². The second-order valence-corrected chi connectivity index (χ2v) is 7.30. The van der Waals surface area contributed by atoms with Crippen molar-refractivity contribution in [1.82, 2.24) is 14.9 Å². The highest BCUT2D eigenvalue weighted by molar-refractivity contribution is 7.99. The van der Waals surface area contributed by atoms with Gasteiger partial charge in [-0.25, -0.2) is 4.98 Å². The van der Waals surface area contributed by atoms with Crippen LogP contribution in [0.3, 0.4) is 0 Å². The molecule has 23 heavy (non-hydrogen) atoms. The predicted molar refractivity (Wildman–Crippen MR) is 98.7 cm³/mol. The van der Waals surface area contributed by atoms with Crippen molar-refractivity contribution in [2.45, 2.75) is 25.9 Å². The maximum Gasteiger partial charge on any atom is 0.318 e. The molecule has 128 valence electrons. The first-order valence-electron chi connectivity index (χ1n) is 8.18. The Morgan fingerprint density at radius 3 is 2.83 bits per heavy atom. The van der Waals surface area contributed by atoms with E-state index >= 15 is 0 Å². The summed E-state index contributed by atoms with van der Waals surface area (Å²) in [7, 11) is 3.97. The zero-order chi connectivity index (χ0) is 16.7. The van der Waals surface area contributed by atoms with Gasteiger partial charge in [0.15, 0.2) is 0 Å². The molecule has 0 saturated carbocycles. The van der Waals surface area contributed by atoms with Crippen LogP contribution in [0.2, 0.25) is 0 Å². The average molecular weight is 337 g/mol. The number of aryl methyl sites for hydroxylation is 1. The summed E-state index contributed by atoms with van der Waals surface area (Å²) in [6.45, 7) is 9.04. The highest BCUT2D eigenvalue weighted by atomic mass is 32.2. The fraction of sp³-hybridized carbons (Fsp3) is 0.647. The molecule has 1 fully saturated rings. The zero-order valence-corrected chi connectivity index (χ0v) is 15.3. The van der Waals surface area contributed by atoms with Crippen molar-refractivity contribution in [1.29, 1.82) is 0 Å². The van der Waals surface area contributed by atoms with E-state index in [0.717, 1.165) is 43.9 Å². The second kappa shape index (κ2) is 9.13. The minimum atomic E-state index is 0.105. The normalized spacial score (nSPS) is 16.8. The van der Waals surface area contributed by atoms with Crippen molar-refractivity contribution in [2.75, 3.05) is 50.1 Å². The Kier molecular flexibility index (Phi) is 7.17. The molecule has 0 aliphatic carbocycles. The third kappa shape index (κ3) is 5.70. The highest BCUT2D eigenvalue weighted by Gasteiger charge is 2.19. The molecule has 1 saturated heterocycles. The van der Waals surface area contributed by atoms with Crippen LogP contribution >= 0.6 is 11.8 Å². The number of ether oxygens (including phenoxy) is 1. The van der Waals surface area contributed by atoms with Crippen LogP contribution in [0.15, 0.2) is 18.9 Å². The summed E-state index contributed by atoms with van der Waals surface area (Å²) in [5.74, 6) is 3.33. The number of hydrogen-bond donors (Lipinski definition) is 0. The van der Waals surface area contributed by atoms with E-state index in [9.17, 15) is 0 Å². The van der Waals surface area contributed by atoms with Gasteiger partial charge in [0.05, 0.1) is 0 Å². The molecule has 6 heteroatoms. The van der Waals surface area contributed by atoms with Crippen LogP contribution in [-0.4, -0.2) is 66.2 Å². The van der Waals surface area contributed by atoms with Crippen molar-refractivity contribution in [3.63, 3.8) is 0 Å². The zero-order valence-electron chi connectivity index (χ0n) is 14.5. The molecule has 0 amide bonds. The molecule has 1 aliphatic heterocycles. The van der Waals surface area contributed by atoms with Crippen LogP contribution in [0.4, 0.5) is 5.82 Å². The Bertz CT molecular complexity index is 503. The van der Waals surface area contributed by atoms with Gasteiger partial charge in [-0.2, -0.15) is 16.7 Å². The fourth-order valence-corrected chi connectivity index (χ4v) is 3.62. The van der Waals surface area contributed by atoms with Crippen molar-refractivity contribution < 1.29 is 4.74 Å². The van der Waals surface area contributed by atoms with Gasteiger partial charge in [0, 0.05) is 57.0 Å². The van der Waals surface area contributed by atoms with Gasteiger partial charge in [0.1, 0.15) is 11.9 Å².